The van der Waals surface area contributed by atoms with Crippen LogP contribution in [0.1, 0.15) is 50.0 Å². The Balaban J connectivity index is 1.94. The Labute approximate surface area is 127 Å². The number of hydrogen-bond acceptors (Lipinski definition) is 4. The molecule has 2 bridgehead atoms. The molecule has 1 N–H and O–H groups in total. The fourth-order valence-electron chi connectivity index (χ4n) is 3.16. The minimum absolute atomic E-state index is 0.351. The van der Waals surface area contributed by atoms with E-state index in [4.69, 9.17) is 14.7 Å². The van der Waals surface area contributed by atoms with E-state index in [2.05, 4.69) is 34.8 Å². The van der Waals surface area contributed by atoms with Crippen LogP contribution in [0.4, 0.5) is 5.82 Å². The molecule has 2 aliphatic heterocycles. The van der Waals surface area contributed by atoms with Gasteiger partial charge in [0, 0.05) is 13.0 Å². The third-order valence-corrected chi connectivity index (χ3v) is 5.23. The quantitative estimate of drug-likeness (QED) is 0.824. The lowest BCUT2D eigenvalue weighted by molar-refractivity contribution is 0.0998. The van der Waals surface area contributed by atoms with Crippen molar-refractivity contribution in [3.63, 3.8) is 0 Å². The van der Waals surface area contributed by atoms with Crippen molar-refractivity contribution in [2.45, 2.75) is 57.2 Å². The zero-order valence-corrected chi connectivity index (χ0v) is 13.6. The fraction of sp³-hybridized carbons (Fsp3) is 0.714. The molecule has 0 amide bonds. The SMILES string of the molecule is CCCc1nc(C2CC3CCC2O3)nc(NC)c1I. The first-order valence-electron chi connectivity index (χ1n) is 7.12. The number of hydrogen-bond donors (Lipinski definition) is 1. The molecule has 19 heavy (non-hydrogen) atoms. The van der Waals surface area contributed by atoms with Gasteiger partial charge >= 0.3 is 0 Å². The van der Waals surface area contributed by atoms with Crippen LogP contribution < -0.4 is 5.32 Å². The summed E-state index contributed by atoms with van der Waals surface area (Å²) in [7, 11) is 1.93. The third-order valence-electron chi connectivity index (χ3n) is 4.10. The van der Waals surface area contributed by atoms with Crippen LogP contribution in [-0.2, 0) is 11.2 Å². The van der Waals surface area contributed by atoms with E-state index in [1.165, 1.54) is 18.5 Å². The summed E-state index contributed by atoms with van der Waals surface area (Å²) in [4.78, 5) is 9.56. The Morgan fingerprint density at radius 1 is 1.37 bits per heavy atom. The van der Waals surface area contributed by atoms with Crippen LogP contribution in [0.15, 0.2) is 0 Å². The van der Waals surface area contributed by atoms with Crippen molar-refractivity contribution in [1.82, 2.24) is 9.97 Å². The Morgan fingerprint density at radius 3 is 2.79 bits per heavy atom. The first-order valence-corrected chi connectivity index (χ1v) is 8.20. The second-order valence-corrected chi connectivity index (χ2v) is 6.49. The van der Waals surface area contributed by atoms with Crippen molar-refractivity contribution in [2.24, 2.45) is 0 Å². The summed E-state index contributed by atoms with van der Waals surface area (Å²) >= 11 is 2.35. The van der Waals surface area contributed by atoms with Crippen LogP contribution in [0.25, 0.3) is 0 Å². The Kier molecular flexibility index (Phi) is 3.93. The molecule has 5 heteroatoms. The Morgan fingerprint density at radius 2 is 2.21 bits per heavy atom. The highest BCUT2D eigenvalue weighted by molar-refractivity contribution is 14.1. The molecule has 0 aliphatic carbocycles. The van der Waals surface area contributed by atoms with Gasteiger partial charge < -0.3 is 10.1 Å². The lowest BCUT2D eigenvalue weighted by Gasteiger charge is -2.19. The molecule has 2 fully saturated rings. The highest BCUT2D eigenvalue weighted by Crippen LogP contribution is 2.43. The van der Waals surface area contributed by atoms with Gasteiger partial charge in [0.15, 0.2) is 0 Å². The average molecular weight is 373 g/mol. The maximum absolute atomic E-state index is 5.94. The van der Waals surface area contributed by atoms with Gasteiger partial charge in [-0.25, -0.2) is 9.97 Å². The molecule has 3 rings (SSSR count). The zero-order chi connectivity index (χ0) is 13.4. The van der Waals surface area contributed by atoms with E-state index in [9.17, 15) is 0 Å². The van der Waals surface area contributed by atoms with Crippen molar-refractivity contribution in [1.29, 1.82) is 0 Å². The van der Waals surface area contributed by atoms with Gasteiger partial charge in [-0.3, -0.25) is 0 Å². The number of ether oxygens (including phenoxy) is 1. The van der Waals surface area contributed by atoms with E-state index in [1.54, 1.807) is 0 Å². The molecular formula is C14H20IN3O. The lowest BCUT2D eigenvalue weighted by atomic mass is 9.88. The van der Waals surface area contributed by atoms with Gasteiger partial charge in [0.1, 0.15) is 11.6 Å². The maximum Gasteiger partial charge on any atom is 0.143 e. The number of fused-ring (bicyclic) bond motifs is 2. The van der Waals surface area contributed by atoms with E-state index in [-0.39, 0.29) is 0 Å². The maximum atomic E-state index is 5.94. The van der Waals surface area contributed by atoms with Crippen molar-refractivity contribution in [3.05, 3.63) is 15.1 Å². The monoisotopic (exact) mass is 373 g/mol. The molecule has 0 saturated carbocycles. The van der Waals surface area contributed by atoms with Crippen LogP contribution in [0.5, 0.6) is 0 Å². The largest absolute Gasteiger partial charge is 0.374 e. The topological polar surface area (TPSA) is 47.0 Å². The van der Waals surface area contributed by atoms with Gasteiger partial charge in [-0.1, -0.05) is 13.3 Å². The van der Waals surface area contributed by atoms with Gasteiger partial charge in [0.25, 0.3) is 0 Å². The summed E-state index contributed by atoms with van der Waals surface area (Å²) in [5.74, 6) is 2.36. The molecule has 1 aromatic rings. The second-order valence-electron chi connectivity index (χ2n) is 5.41. The fourth-order valence-corrected chi connectivity index (χ4v) is 3.94. The molecule has 1 aromatic heterocycles. The minimum Gasteiger partial charge on any atom is -0.374 e. The number of anilines is 1. The van der Waals surface area contributed by atoms with E-state index >= 15 is 0 Å². The van der Waals surface area contributed by atoms with E-state index in [1.807, 2.05) is 7.05 Å². The van der Waals surface area contributed by atoms with Crippen LogP contribution in [-0.4, -0.2) is 29.2 Å². The minimum atomic E-state index is 0.351. The average Bonchev–Trinajstić information content (AvgIpc) is 3.03. The Bertz CT molecular complexity index is 480. The molecule has 3 atom stereocenters. The number of nitrogens with one attached hydrogen (secondary N) is 1. The highest BCUT2D eigenvalue weighted by Gasteiger charge is 2.43. The van der Waals surface area contributed by atoms with Crippen molar-refractivity contribution >= 4 is 28.4 Å². The van der Waals surface area contributed by atoms with Gasteiger partial charge in [-0.15, -0.1) is 0 Å². The summed E-state index contributed by atoms with van der Waals surface area (Å²) < 4.78 is 7.10. The first kappa shape index (κ1) is 13.5. The van der Waals surface area contributed by atoms with Crippen molar-refractivity contribution < 1.29 is 4.74 Å². The number of nitrogens with zero attached hydrogens (tertiary/aromatic N) is 2. The van der Waals surface area contributed by atoms with Crippen molar-refractivity contribution in [2.75, 3.05) is 12.4 Å². The van der Waals surface area contributed by atoms with Gasteiger partial charge in [0.05, 0.1) is 21.5 Å². The molecule has 0 radical (unpaired) electrons. The Hall–Kier alpha value is -0.430. The van der Waals surface area contributed by atoms with Gasteiger partial charge in [-0.05, 0) is 48.3 Å². The molecule has 104 valence electrons. The predicted molar refractivity (Wildman–Crippen MR) is 83.5 cm³/mol. The number of aryl methyl sites for hydroxylation is 1. The summed E-state index contributed by atoms with van der Waals surface area (Å²) in [6.07, 6.45) is 6.41. The predicted octanol–water partition coefficient (Wildman–Crippen LogP) is 3.11. The number of halogens is 1. The summed E-state index contributed by atoms with van der Waals surface area (Å²) in [6.45, 7) is 2.19. The smallest absolute Gasteiger partial charge is 0.143 e. The first-order chi connectivity index (χ1) is 9.22. The van der Waals surface area contributed by atoms with Crippen LogP contribution in [0.2, 0.25) is 0 Å². The van der Waals surface area contributed by atoms with Crippen LogP contribution in [0, 0.1) is 3.57 Å². The number of aromatic nitrogens is 2. The van der Waals surface area contributed by atoms with Gasteiger partial charge in [0.2, 0.25) is 0 Å². The molecule has 0 aromatic carbocycles. The normalized spacial score (nSPS) is 28.9. The van der Waals surface area contributed by atoms with Gasteiger partial charge in [-0.2, -0.15) is 0 Å². The molecule has 2 aliphatic rings. The second kappa shape index (κ2) is 5.52. The zero-order valence-electron chi connectivity index (χ0n) is 11.4. The molecule has 4 nitrogen and oxygen atoms in total. The van der Waals surface area contributed by atoms with E-state index in [0.29, 0.717) is 18.1 Å². The molecule has 3 heterocycles. The molecule has 0 spiro atoms. The molecular weight excluding hydrogens is 353 g/mol. The summed E-state index contributed by atoms with van der Waals surface area (Å²) in [5, 5.41) is 3.20. The van der Waals surface area contributed by atoms with Crippen LogP contribution >= 0.6 is 22.6 Å². The number of rotatable bonds is 4. The lowest BCUT2D eigenvalue weighted by Crippen LogP contribution is -2.19. The van der Waals surface area contributed by atoms with E-state index < -0.39 is 0 Å². The third kappa shape index (κ3) is 2.46. The summed E-state index contributed by atoms with van der Waals surface area (Å²) in [5.41, 5.74) is 1.18. The highest BCUT2D eigenvalue weighted by atomic mass is 127. The van der Waals surface area contributed by atoms with Crippen molar-refractivity contribution in [3.8, 4) is 0 Å². The summed E-state index contributed by atoms with van der Waals surface area (Å²) in [6, 6.07) is 0. The molecule has 3 unspecified atom stereocenters. The van der Waals surface area contributed by atoms with Crippen LogP contribution in [0.3, 0.4) is 0 Å². The van der Waals surface area contributed by atoms with E-state index in [0.717, 1.165) is 34.5 Å². The standard InChI is InChI=1S/C14H20IN3O/c1-3-4-10-12(15)14(16-2)18-13(17-10)9-7-8-5-6-11(9)19-8/h8-9,11H,3-7H2,1-2H3,(H,16,17,18). The molecule has 2 saturated heterocycles.